The molecule has 1 saturated heterocycles. The zero-order valence-electron chi connectivity index (χ0n) is 13.0. The van der Waals surface area contributed by atoms with Crippen molar-refractivity contribution in [3.63, 3.8) is 0 Å². The molecule has 1 heterocycles. The van der Waals surface area contributed by atoms with Gasteiger partial charge in [0.1, 0.15) is 6.54 Å². The molecule has 1 N–H and O–H groups in total. The van der Waals surface area contributed by atoms with E-state index in [0.717, 1.165) is 25.9 Å². The van der Waals surface area contributed by atoms with E-state index in [1.165, 1.54) is 4.90 Å². The molecule has 6 heteroatoms. The molecule has 0 spiro atoms. The molecule has 1 aliphatic rings. The van der Waals surface area contributed by atoms with E-state index in [2.05, 4.69) is 18.9 Å². The summed E-state index contributed by atoms with van der Waals surface area (Å²) in [6.07, 6.45) is 1.81. The predicted octanol–water partition coefficient (Wildman–Crippen LogP) is 1.32. The summed E-state index contributed by atoms with van der Waals surface area (Å²) in [6.45, 7) is 8.06. The van der Waals surface area contributed by atoms with Gasteiger partial charge in [-0.15, -0.1) is 0 Å². The Kier molecular flexibility index (Phi) is 6.26. The molecule has 0 aromatic heterocycles. The van der Waals surface area contributed by atoms with Crippen LogP contribution in [0.1, 0.15) is 33.6 Å². The summed E-state index contributed by atoms with van der Waals surface area (Å²) in [6, 6.07) is -0.105. The van der Waals surface area contributed by atoms with E-state index in [1.807, 2.05) is 18.7 Å². The second-order valence-corrected chi connectivity index (χ2v) is 5.77. The monoisotopic (exact) mass is 285 g/mol. The minimum Gasteiger partial charge on any atom is -0.480 e. The van der Waals surface area contributed by atoms with Gasteiger partial charge in [-0.05, 0) is 40.3 Å². The van der Waals surface area contributed by atoms with Gasteiger partial charge in [0.25, 0.3) is 0 Å². The van der Waals surface area contributed by atoms with Crippen molar-refractivity contribution in [3.05, 3.63) is 0 Å². The molecule has 0 aliphatic carbocycles. The number of carbonyl (C=O) groups is 2. The van der Waals surface area contributed by atoms with Crippen molar-refractivity contribution >= 4 is 12.0 Å². The molecule has 0 aromatic carbocycles. The van der Waals surface area contributed by atoms with Crippen LogP contribution in [0.15, 0.2) is 0 Å². The fraction of sp³-hybridized carbons (Fsp3) is 0.857. The van der Waals surface area contributed by atoms with Crippen molar-refractivity contribution in [1.29, 1.82) is 0 Å². The summed E-state index contributed by atoms with van der Waals surface area (Å²) in [5.74, 6) is -0.966. The average Bonchev–Trinajstić information content (AvgIpc) is 2.55. The van der Waals surface area contributed by atoms with Crippen LogP contribution in [0.4, 0.5) is 4.79 Å². The van der Waals surface area contributed by atoms with Crippen molar-refractivity contribution in [2.24, 2.45) is 0 Å². The Morgan fingerprint density at radius 3 is 2.50 bits per heavy atom. The van der Waals surface area contributed by atoms with Gasteiger partial charge in [-0.1, -0.05) is 6.92 Å². The Hall–Kier alpha value is -1.30. The van der Waals surface area contributed by atoms with Crippen LogP contribution in [-0.2, 0) is 4.79 Å². The Morgan fingerprint density at radius 1 is 1.35 bits per heavy atom. The molecular formula is C14H27N3O3. The number of aliphatic carboxylic acids is 1. The van der Waals surface area contributed by atoms with E-state index in [0.29, 0.717) is 6.54 Å². The summed E-state index contributed by atoms with van der Waals surface area (Å²) in [4.78, 5) is 29.2. The molecule has 1 aliphatic heterocycles. The summed E-state index contributed by atoms with van der Waals surface area (Å²) >= 11 is 0. The molecule has 0 bridgehead atoms. The third-order valence-electron chi connectivity index (χ3n) is 3.79. The van der Waals surface area contributed by atoms with Gasteiger partial charge < -0.3 is 19.8 Å². The maximum Gasteiger partial charge on any atom is 0.323 e. The number of carboxylic acid groups (broad SMARTS) is 1. The molecule has 1 atom stereocenters. The maximum atomic E-state index is 12.7. The SMILES string of the molecule is CCC1CN(C)CCCN1C(=O)N(CC(=O)O)C(C)C. The number of urea groups is 1. The first-order valence-electron chi connectivity index (χ1n) is 7.34. The maximum absolute atomic E-state index is 12.7. The van der Waals surface area contributed by atoms with E-state index in [9.17, 15) is 9.59 Å². The quantitative estimate of drug-likeness (QED) is 0.846. The van der Waals surface area contributed by atoms with Crippen molar-refractivity contribution in [2.45, 2.75) is 45.7 Å². The lowest BCUT2D eigenvalue weighted by Crippen LogP contribution is -2.53. The van der Waals surface area contributed by atoms with Crippen molar-refractivity contribution in [2.75, 3.05) is 33.2 Å². The highest BCUT2D eigenvalue weighted by Crippen LogP contribution is 2.15. The third-order valence-corrected chi connectivity index (χ3v) is 3.79. The molecule has 1 unspecified atom stereocenters. The normalized spacial score (nSPS) is 20.9. The first-order valence-corrected chi connectivity index (χ1v) is 7.34. The molecule has 0 aromatic rings. The summed E-state index contributed by atoms with van der Waals surface area (Å²) in [5, 5.41) is 8.98. The molecule has 6 nitrogen and oxygen atoms in total. The highest BCUT2D eigenvalue weighted by Gasteiger charge is 2.31. The summed E-state index contributed by atoms with van der Waals surface area (Å²) in [5.41, 5.74) is 0. The molecular weight excluding hydrogens is 258 g/mol. The number of carboxylic acids is 1. The van der Waals surface area contributed by atoms with E-state index >= 15 is 0 Å². The molecule has 20 heavy (non-hydrogen) atoms. The Morgan fingerprint density at radius 2 is 2.00 bits per heavy atom. The van der Waals surface area contributed by atoms with Gasteiger partial charge in [0.15, 0.2) is 0 Å². The van der Waals surface area contributed by atoms with Crippen LogP contribution in [0, 0.1) is 0 Å². The standard InChI is InChI=1S/C14H27N3O3/c1-5-12-9-15(4)7-6-8-16(12)14(20)17(11(2)3)10-13(18)19/h11-12H,5-10H2,1-4H3,(H,18,19). The zero-order valence-corrected chi connectivity index (χ0v) is 13.0. The lowest BCUT2D eigenvalue weighted by atomic mass is 10.2. The number of hydrogen-bond donors (Lipinski definition) is 1. The van der Waals surface area contributed by atoms with Gasteiger partial charge in [0, 0.05) is 25.2 Å². The van der Waals surface area contributed by atoms with Crippen LogP contribution in [0.2, 0.25) is 0 Å². The van der Waals surface area contributed by atoms with Crippen LogP contribution < -0.4 is 0 Å². The van der Waals surface area contributed by atoms with Gasteiger partial charge in [0.2, 0.25) is 0 Å². The number of likely N-dealkylation sites (N-methyl/N-ethyl adjacent to an activating group) is 1. The Labute approximate surface area is 121 Å². The fourth-order valence-electron chi connectivity index (χ4n) is 2.63. The van der Waals surface area contributed by atoms with Crippen LogP contribution in [0.3, 0.4) is 0 Å². The first-order chi connectivity index (χ1) is 9.36. The average molecular weight is 285 g/mol. The third kappa shape index (κ3) is 4.37. The number of nitrogens with zero attached hydrogens (tertiary/aromatic N) is 3. The van der Waals surface area contributed by atoms with Crippen LogP contribution in [0.5, 0.6) is 0 Å². The minimum atomic E-state index is -0.966. The molecule has 2 amide bonds. The van der Waals surface area contributed by atoms with Crippen LogP contribution in [-0.4, -0.2) is 77.1 Å². The number of carbonyl (C=O) groups excluding carboxylic acids is 1. The van der Waals surface area contributed by atoms with Crippen molar-refractivity contribution in [1.82, 2.24) is 14.7 Å². The van der Waals surface area contributed by atoms with Gasteiger partial charge in [0.05, 0.1) is 0 Å². The second-order valence-electron chi connectivity index (χ2n) is 5.77. The first kappa shape index (κ1) is 16.8. The van der Waals surface area contributed by atoms with E-state index in [-0.39, 0.29) is 24.7 Å². The van der Waals surface area contributed by atoms with Crippen LogP contribution >= 0.6 is 0 Å². The molecule has 1 fully saturated rings. The topological polar surface area (TPSA) is 64.1 Å². The van der Waals surface area contributed by atoms with Crippen LogP contribution in [0.25, 0.3) is 0 Å². The molecule has 0 saturated carbocycles. The van der Waals surface area contributed by atoms with Gasteiger partial charge in [-0.2, -0.15) is 0 Å². The molecule has 1 rings (SSSR count). The lowest BCUT2D eigenvalue weighted by molar-refractivity contribution is -0.138. The molecule has 116 valence electrons. The summed E-state index contributed by atoms with van der Waals surface area (Å²) in [7, 11) is 2.06. The number of rotatable bonds is 4. The number of hydrogen-bond acceptors (Lipinski definition) is 3. The predicted molar refractivity (Wildman–Crippen MR) is 77.8 cm³/mol. The number of amides is 2. The van der Waals surface area contributed by atoms with Gasteiger partial charge >= 0.3 is 12.0 Å². The van der Waals surface area contributed by atoms with Crippen molar-refractivity contribution in [3.8, 4) is 0 Å². The second kappa shape index (κ2) is 7.47. The smallest absolute Gasteiger partial charge is 0.323 e. The van der Waals surface area contributed by atoms with E-state index < -0.39 is 5.97 Å². The highest BCUT2D eigenvalue weighted by molar-refractivity contribution is 5.80. The van der Waals surface area contributed by atoms with Gasteiger partial charge in [-0.25, -0.2) is 4.79 Å². The van der Waals surface area contributed by atoms with E-state index in [1.54, 1.807) is 0 Å². The van der Waals surface area contributed by atoms with Crippen molar-refractivity contribution < 1.29 is 14.7 Å². The fourth-order valence-corrected chi connectivity index (χ4v) is 2.63. The lowest BCUT2D eigenvalue weighted by Gasteiger charge is -2.36. The molecule has 0 radical (unpaired) electrons. The zero-order chi connectivity index (χ0) is 15.3. The summed E-state index contributed by atoms with van der Waals surface area (Å²) < 4.78 is 0. The Bertz CT molecular complexity index is 347. The highest BCUT2D eigenvalue weighted by atomic mass is 16.4. The van der Waals surface area contributed by atoms with E-state index in [4.69, 9.17) is 5.11 Å². The van der Waals surface area contributed by atoms with Gasteiger partial charge in [-0.3, -0.25) is 4.79 Å². The Balaban J connectivity index is 2.86. The minimum absolute atomic E-state index is 0.114. The largest absolute Gasteiger partial charge is 0.480 e.